The molecule has 0 bridgehead atoms. The van der Waals surface area contributed by atoms with E-state index in [1.54, 1.807) is 5.30 Å². The van der Waals surface area contributed by atoms with Gasteiger partial charge in [-0.2, -0.15) is 8.42 Å². The quantitative estimate of drug-likeness (QED) is 0.105. The second-order valence-electron chi connectivity index (χ2n) is 13.9. The molecule has 4 aromatic carbocycles. The third-order valence-corrected chi connectivity index (χ3v) is 13.2. The Hall–Kier alpha value is -2.72. The molecule has 0 radical (unpaired) electrons. The van der Waals surface area contributed by atoms with Gasteiger partial charge in [0.25, 0.3) is 10.1 Å². The van der Waals surface area contributed by atoms with Crippen molar-refractivity contribution in [1.29, 1.82) is 0 Å². The van der Waals surface area contributed by atoms with Gasteiger partial charge in [0.1, 0.15) is 0 Å². The van der Waals surface area contributed by atoms with E-state index in [9.17, 15) is 8.42 Å². The summed E-state index contributed by atoms with van der Waals surface area (Å²) >= 11 is 0. The van der Waals surface area contributed by atoms with Crippen LogP contribution in [0, 0.1) is 0 Å². The third kappa shape index (κ3) is 12.7. The van der Waals surface area contributed by atoms with E-state index in [0.29, 0.717) is 6.26 Å². The zero-order valence-corrected chi connectivity index (χ0v) is 34.6. The number of rotatable bonds is 8. The predicted octanol–water partition coefficient (Wildman–Crippen LogP) is 10.2. The summed E-state index contributed by atoms with van der Waals surface area (Å²) in [7, 11) is 6.89. The topological polar surface area (TPSA) is 72.9 Å². The average molecular weight is 822 g/mol. The second-order valence-corrected chi connectivity index (χ2v) is 18.1. The van der Waals surface area contributed by atoms with Crippen molar-refractivity contribution >= 4 is 40.4 Å². The fraction of sp³-hybridized carbons (Fsp3) is 0.429. The van der Waals surface area contributed by atoms with Gasteiger partial charge in [-0.3, -0.25) is 4.55 Å². The number of hydrogen-bond donors (Lipinski definition) is 2. The summed E-state index contributed by atoms with van der Waals surface area (Å²) in [4.78, 5) is 4.59. The summed E-state index contributed by atoms with van der Waals surface area (Å²) in [6, 6.07) is 35.0. The molecule has 9 heteroatoms. The van der Waals surface area contributed by atoms with Gasteiger partial charge in [-0.1, -0.05) is 125 Å². The number of benzene rings is 4. The van der Waals surface area contributed by atoms with Crippen LogP contribution in [0.25, 0.3) is 22.3 Å². The van der Waals surface area contributed by atoms with Gasteiger partial charge in [-0.25, -0.2) is 0 Å². The van der Waals surface area contributed by atoms with Crippen LogP contribution >= 0.6 is 7.92 Å². The number of nitrogens with one attached hydrogen (secondary N) is 1. The number of para-hydroxylation sites is 1. The van der Waals surface area contributed by atoms with Gasteiger partial charge < -0.3 is 15.1 Å². The van der Waals surface area contributed by atoms with Crippen molar-refractivity contribution in [1.82, 2.24) is 0 Å². The van der Waals surface area contributed by atoms with Crippen LogP contribution in [0.4, 0.5) is 17.1 Å². The molecule has 2 aliphatic rings. The van der Waals surface area contributed by atoms with Crippen molar-refractivity contribution in [3.63, 3.8) is 0 Å². The molecule has 6 nitrogen and oxygen atoms in total. The molecule has 2 saturated carbocycles. The van der Waals surface area contributed by atoms with Gasteiger partial charge in [-0.05, 0) is 71.6 Å². The van der Waals surface area contributed by atoms with E-state index in [2.05, 4.69) is 128 Å². The molecule has 2 N–H and O–H groups in total. The fourth-order valence-corrected chi connectivity index (χ4v) is 11.4. The Bertz CT molecular complexity index is 1670. The van der Waals surface area contributed by atoms with Crippen LogP contribution in [0.15, 0.2) is 97.1 Å². The largest absolute Gasteiger partial charge is 0.388 e. The fourth-order valence-electron chi connectivity index (χ4n) is 7.44. The first-order valence-electron chi connectivity index (χ1n) is 18.1. The van der Waals surface area contributed by atoms with Crippen LogP contribution in [0.5, 0.6) is 0 Å². The Morgan fingerprint density at radius 1 is 0.627 bits per heavy atom. The third-order valence-electron chi connectivity index (χ3n) is 9.65. The van der Waals surface area contributed by atoms with Crippen molar-refractivity contribution in [2.75, 3.05) is 56.6 Å². The van der Waals surface area contributed by atoms with Crippen molar-refractivity contribution in [3.8, 4) is 22.3 Å². The first-order valence-corrected chi connectivity index (χ1v) is 21.4. The van der Waals surface area contributed by atoms with Crippen LogP contribution in [0.1, 0.15) is 64.2 Å². The molecule has 6 rings (SSSR count). The smallest absolute Gasteiger partial charge is 0.261 e. The molecule has 0 heterocycles. The van der Waals surface area contributed by atoms with Crippen LogP contribution < -0.4 is 20.4 Å². The second kappa shape index (κ2) is 21.1. The van der Waals surface area contributed by atoms with Gasteiger partial charge >= 0.3 is 0 Å². The van der Waals surface area contributed by atoms with Gasteiger partial charge in [0.05, 0.1) is 6.26 Å². The Kier molecular flexibility index (Phi) is 17.7. The summed E-state index contributed by atoms with van der Waals surface area (Å²) in [5.41, 5.74) is 11.1. The summed E-state index contributed by atoms with van der Waals surface area (Å²) in [6.45, 7) is 0. The Labute approximate surface area is 323 Å². The first-order chi connectivity index (χ1) is 24.0. The van der Waals surface area contributed by atoms with E-state index >= 15 is 0 Å². The van der Waals surface area contributed by atoms with Crippen molar-refractivity contribution in [2.24, 2.45) is 0 Å². The molecule has 0 spiro atoms. The van der Waals surface area contributed by atoms with Gasteiger partial charge in [0.15, 0.2) is 0 Å². The molecule has 280 valence electrons. The number of anilines is 3. The zero-order valence-electron chi connectivity index (χ0n) is 31.3. The minimum atomic E-state index is -3.67. The standard InChI is InChI=1S/C28H41N2P.C13H13N.CH4O3S.Pd/c1-29(2)25-19-13-20-26(30(3)4)28(25)24-18-11-12-21-27(24)31(22-14-7-5-8-15-22)23-16-9-6-10-17-23;1-14-13-10-6-5-9-12(13)11-7-3-2-4-8-11;1-5(2,3)4;/h11-13,18-23H,5-10,14-17H2,1-4H3;2-10,14H,1H3;1H3,(H,2,3,4);. The van der Waals surface area contributed by atoms with Gasteiger partial charge in [0, 0.05) is 83.9 Å². The molecule has 2 aliphatic carbocycles. The molecule has 0 saturated heterocycles. The number of nitrogens with zero attached hydrogens (tertiary/aromatic N) is 2. The summed E-state index contributed by atoms with van der Waals surface area (Å²) in [6.07, 6.45) is 15.2. The normalized spacial score (nSPS) is 15.0. The summed E-state index contributed by atoms with van der Waals surface area (Å²) in [5.74, 6) is 0. The van der Waals surface area contributed by atoms with E-state index in [1.807, 2.05) is 19.2 Å². The molecule has 0 atom stereocenters. The maximum Gasteiger partial charge on any atom is 0.261 e. The van der Waals surface area contributed by atoms with E-state index in [1.165, 1.54) is 104 Å². The minimum Gasteiger partial charge on any atom is -0.388 e. The maximum atomic E-state index is 9.19. The Morgan fingerprint density at radius 2 is 1.06 bits per heavy atom. The van der Waals surface area contributed by atoms with Crippen LogP contribution in [-0.4, -0.2) is 65.8 Å². The van der Waals surface area contributed by atoms with Gasteiger partial charge in [-0.15, -0.1) is 0 Å². The minimum absolute atomic E-state index is 0. The predicted molar refractivity (Wildman–Crippen MR) is 220 cm³/mol. The van der Waals surface area contributed by atoms with E-state index in [-0.39, 0.29) is 28.3 Å². The van der Waals surface area contributed by atoms with Gasteiger partial charge in [0.2, 0.25) is 0 Å². The van der Waals surface area contributed by atoms with Crippen molar-refractivity contribution < 1.29 is 33.4 Å². The number of hydrogen-bond acceptors (Lipinski definition) is 5. The molecule has 4 aromatic rings. The monoisotopic (exact) mass is 821 g/mol. The van der Waals surface area contributed by atoms with E-state index in [0.717, 1.165) is 11.3 Å². The van der Waals surface area contributed by atoms with Crippen LogP contribution in [-0.2, 0) is 30.5 Å². The van der Waals surface area contributed by atoms with Crippen LogP contribution in [0.2, 0.25) is 0 Å². The molecular weight excluding hydrogens is 764 g/mol. The molecule has 0 aromatic heterocycles. The zero-order chi connectivity index (χ0) is 36.1. The van der Waals surface area contributed by atoms with Crippen molar-refractivity contribution in [2.45, 2.75) is 75.5 Å². The molecule has 0 unspecified atom stereocenters. The molecular formula is C42H58N3O3PPdS. The molecule has 0 aliphatic heterocycles. The average Bonchev–Trinajstić information content (AvgIpc) is 3.12. The Morgan fingerprint density at radius 3 is 1.53 bits per heavy atom. The summed E-state index contributed by atoms with van der Waals surface area (Å²) < 4.78 is 25.9. The molecule has 0 amide bonds. The summed E-state index contributed by atoms with van der Waals surface area (Å²) in [5, 5.41) is 4.88. The maximum absolute atomic E-state index is 9.19. The van der Waals surface area contributed by atoms with Crippen LogP contribution in [0.3, 0.4) is 0 Å². The Balaban J connectivity index is 0.000000290. The van der Waals surface area contributed by atoms with E-state index < -0.39 is 10.1 Å². The molecule has 2 fully saturated rings. The van der Waals surface area contributed by atoms with E-state index in [4.69, 9.17) is 4.55 Å². The first kappa shape index (κ1) is 42.7. The SMILES string of the molecule is CN(C)c1cccc(N(C)C)c1-c1ccccc1P(C1CCCCC1)C1CCCCC1.CNc1ccccc1-c1ccccc1.CS(=O)(=O)O.[Pd]. The molecule has 51 heavy (non-hydrogen) atoms. The van der Waals surface area contributed by atoms with Crippen molar-refractivity contribution in [3.05, 3.63) is 97.1 Å².